The van der Waals surface area contributed by atoms with E-state index in [4.69, 9.17) is 14.2 Å². The van der Waals surface area contributed by atoms with Gasteiger partial charge in [0.1, 0.15) is 29.1 Å². The zero-order chi connectivity index (χ0) is 15.7. The first-order valence-corrected chi connectivity index (χ1v) is 8.83. The van der Waals surface area contributed by atoms with E-state index < -0.39 is 10.1 Å². The first-order valence-electron chi connectivity index (χ1n) is 6.48. The average Bonchev–Trinajstić information content (AvgIpc) is 2.91. The molecular weight excluding hydrogens is 351 g/mol. The number of rotatable bonds is 4. The summed E-state index contributed by atoms with van der Waals surface area (Å²) in [6.45, 7) is 2.20. The molecule has 1 unspecified atom stereocenters. The van der Waals surface area contributed by atoms with Gasteiger partial charge in [-0.25, -0.2) is 8.42 Å². The van der Waals surface area contributed by atoms with Crippen LogP contribution in [0.2, 0.25) is 0 Å². The summed E-state index contributed by atoms with van der Waals surface area (Å²) in [6, 6.07) is 4.23. The molecule has 0 aliphatic carbocycles. The smallest absolute Gasteiger partial charge is 0.744 e. The molecule has 1 aromatic carbocycles. The third kappa shape index (κ3) is 4.40. The van der Waals surface area contributed by atoms with Gasteiger partial charge in [-0.3, -0.25) is 0 Å². The van der Waals surface area contributed by atoms with Gasteiger partial charge in [0.25, 0.3) is 0 Å². The van der Waals surface area contributed by atoms with Crippen LogP contribution in [0.1, 0.15) is 5.56 Å². The Kier molecular flexibility index (Phi) is 5.99. The minimum Gasteiger partial charge on any atom is -0.744 e. The molecule has 0 spiro atoms. The van der Waals surface area contributed by atoms with Crippen LogP contribution < -0.4 is 43.8 Å². The number of hydrogen-bond donors (Lipinski definition) is 0. The molecule has 9 heteroatoms. The molecule has 1 atom stereocenters. The van der Waals surface area contributed by atoms with E-state index >= 15 is 0 Å². The number of aryl methyl sites for hydroxylation is 1. The Morgan fingerprint density at radius 3 is 2.78 bits per heavy atom. The third-order valence-electron chi connectivity index (χ3n) is 3.16. The maximum Gasteiger partial charge on any atom is 1.00 e. The van der Waals surface area contributed by atoms with Crippen molar-refractivity contribution >= 4 is 21.5 Å². The van der Waals surface area contributed by atoms with Crippen LogP contribution in [0.15, 0.2) is 33.9 Å². The molecule has 0 saturated carbocycles. The Morgan fingerprint density at radius 2 is 2.09 bits per heavy atom. The Balaban J connectivity index is 0.00000192. The second kappa shape index (κ2) is 7.42. The van der Waals surface area contributed by atoms with Gasteiger partial charge >= 0.3 is 29.6 Å². The minimum atomic E-state index is -4.46. The molecule has 2 aromatic rings. The second-order valence-electron chi connectivity index (χ2n) is 4.84. The Morgan fingerprint density at radius 1 is 1.35 bits per heavy atom. The monoisotopic (exact) mass is 364 g/mol. The number of benzene rings is 1. The third-order valence-corrected chi connectivity index (χ3v) is 4.86. The van der Waals surface area contributed by atoms with Crippen LogP contribution in [0, 0.1) is 6.92 Å². The number of fused-ring (bicyclic) bond motifs is 1. The van der Waals surface area contributed by atoms with E-state index in [9.17, 15) is 13.0 Å². The maximum atomic E-state index is 11.0. The van der Waals surface area contributed by atoms with Gasteiger partial charge in [0.2, 0.25) is 0 Å². The second-order valence-corrected chi connectivity index (χ2v) is 6.94. The molecule has 0 saturated heterocycles. The summed E-state index contributed by atoms with van der Waals surface area (Å²) >= 11 is 1.50. The molecular formula is C14H13NaO6S2. The van der Waals surface area contributed by atoms with E-state index in [-0.39, 0.29) is 47.2 Å². The summed E-state index contributed by atoms with van der Waals surface area (Å²) in [5.41, 5.74) is 0.355. The zero-order valence-corrected chi connectivity index (χ0v) is 16.3. The summed E-state index contributed by atoms with van der Waals surface area (Å²) < 4.78 is 49.9. The Bertz CT molecular complexity index is 786. The van der Waals surface area contributed by atoms with Gasteiger partial charge in [0, 0.05) is 10.8 Å². The fourth-order valence-corrected chi connectivity index (χ4v) is 3.48. The SMILES string of the molecule is Cc1cc(OCC2COc3cscc3O2)ccc1S(=O)(=O)[O-].[Na+]. The Labute approximate surface area is 160 Å². The molecule has 0 amide bonds. The van der Waals surface area contributed by atoms with E-state index in [1.54, 1.807) is 6.92 Å². The molecule has 118 valence electrons. The van der Waals surface area contributed by atoms with Crippen molar-refractivity contribution in [1.82, 2.24) is 0 Å². The fraction of sp³-hybridized carbons (Fsp3) is 0.286. The molecule has 0 bridgehead atoms. The van der Waals surface area contributed by atoms with Crippen molar-refractivity contribution in [2.45, 2.75) is 17.9 Å². The van der Waals surface area contributed by atoms with Crippen LogP contribution in [0.3, 0.4) is 0 Å². The molecule has 1 aliphatic heterocycles. The van der Waals surface area contributed by atoms with Crippen LogP contribution >= 0.6 is 11.3 Å². The van der Waals surface area contributed by atoms with E-state index in [0.29, 0.717) is 23.7 Å². The average molecular weight is 364 g/mol. The standard InChI is InChI=1S/C14H14O6S2.Na/c1-9-4-10(2-3-14(9)22(15,16)17)18-5-11-6-19-12-7-21-8-13(12)20-11;/h2-4,7-8,11H,5-6H2,1H3,(H,15,16,17);/q;+1/p-1. The van der Waals surface area contributed by atoms with Crippen LogP contribution in [0.4, 0.5) is 0 Å². The van der Waals surface area contributed by atoms with Crippen molar-refractivity contribution < 1.29 is 56.7 Å². The molecule has 0 N–H and O–H groups in total. The molecule has 1 aliphatic rings. The Hall–Kier alpha value is -0.770. The molecule has 1 aromatic heterocycles. The van der Waals surface area contributed by atoms with Gasteiger partial charge in [-0.2, -0.15) is 0 Å². The van der Waals surface area contributed by atoms with Crippen LogP contribution in [0.25, 0.3) is 0 Å². The van der Waals surface area contributed by atoms with Gasteiger partial charge < -0.3 is 18.8 Å². The van der Waals surface area contributed by atoms with Gasteiger partial charge in [0.15, 0.2) is 17.6 Å². The molecule has 0 fully saturated rings. The number of ether oxygens (including phenoxy) is 3. The van der Waals surface area contributed by atoms with Crippen LogP contribution in [0.5, 0.6) is 17.2 Å². The molecule has 23 heavy (non-hydrogen) atoms. The first kappa shape index (κ1) is 18.6. The van der Waals surface area contributed by atoms with Gasteiger partial charge in [-0.05, 0) is 30.7 Å². The summed E-state index contributed by atoms with van der Waals surface area (Å²) in [5, 5.41) is 3.73. The van der Waals surface area contributed by atoms with Crippen molar-refractivity contribution in [1.29, 1.82) is 0 Å². The van der Waals surface area contributed by atoms with Crippen molar-refractivity contribution in [3.05, 3.63) is 34.5 Å². The van der Waals surface area contributed by atoms with Crippen LogP contribution in [-0.2, 0) is 10.1 Å². The van der Waals surface area contributed by atoms with Gasteiger partial charge in [-0.1, -0.05) is 0 Å². The van der Waals surface area contributed by atoms with Crippen molar-refractivity contribution in [3.8, 4) is 17.2 Å². The summed E-state index contributed by atoms with van der Waals surface area (Å²) in [7, 11) is -4.46. The molecule has 0 radical (unpaired) electrons. The van der Waals surface area contributed by atoms with E-state index in [1.807, 2.05) is 10.8 Å². The molecule has 3 rings (SSSR count). The van der Waals surface area contributed by atoms with Crippen molar-refractivity contribution in [2.24, 2.45) is 0 Å². The summed E-state index contributed by atoms with van der Waals surface area (Å²) in [4.78, 5) is -0.236. The fourth-order valence-electron chi connectivity index (χ4n) is 2.12. The molecule has 6 nitrogen and oxygen atoms in total. The maximum absolute atomic E-state index is 11.0. The predicted octanol–water partition coefficient (Wildman–Crippen LogP) is -0.817. The van der Waals surface area contributed by atoms with E-state index in [1.165, 1.54) is 29.5 Å². The first-order chi connectivity index (χ1) is 10.4. The predicted molar refractivity (Wildman–Crippen MR) is 78.9 cm³/mol. The zero-order valence-electron chi connectivity index (χ0n) is 12.6. The summed E-state index contributed by atoms with van der Waals surface area (Å²) in [5.74, 6) is 1.92. The molecule has 2 heterocycles. The largest absolute Gasteiger partial charge is 1.00 e. The van der Waals surface area contributed by atoms with Gasteiger partial charge in [-0.15, -0.1) is 11.3 Å². The van der Waals surface area contributed by atoms with E-state index in [2.05, 4.69) is 0 Å². The van der Waals surface area contributed by atoms with Crippen LogP contribution in [-0.4, -0.2) is 32.3 Å². The van der Waals surface area contributed by atoms with Crippen molar-refractivity contribution in [2.75, 3.05) is 13.2 Å². The number of thiophene rings is 1. The number of hydrogen-bond acceptors (Lipinski definition) is 7. The van der Waals surface area contributed by atoms with Crippen molar-refractivity contribution in [3.63, 3.8) is 0 Å². The topological polar surface area (TPSA) is 84.9 Å². The normalized spacial score (nSPS) is 16.5. The van der Waals surface area contributed by atoms with Gasteiger partial charge in [0.05, 0.1) is 4.90 Å². The minimum absolute atomic E-state index is 0. The quantitative estimate of drug-likeness (QED) is 0.521. The summed E-state index contributed by atoms with van der Waals surface area (Å²) in [6.07, 6.45) is -0.245. The van der Waals surface area contributed by atoms with E-state index in [0.717, 1.165) is 5.75 Å².